The smallest absolute Gasteiger partial charge is 0.333 e. The molecule has 20 heavy (non-hydrogen) atoms. The van der Waals surface area contributed by atoms with Gasteiger partial charge in [-0.25, -0.2) is 4.98 Å². The Morgan fingerprint density at radius 3 is 2.25 bits per heavy atom. The molecule has 1 rings (SSSR count). The van der Waals surface area contributed by atoms with E-state index in [-0.39, 0.29) is 20.1 Å². The predicted molar refractivity (Wildman–Crippen MR) is 68.7 cm³/mol. The second-order valence-electron chi connectivity index (χ2n) is 4.26. The third-order valence-electron chi connectivity index (χ3n) is 2.69. The van der Waals surface area contributed by atoms with Crippen LogP contribution in [0.15, 0.2) is 12.4 Å². The normalized spacial score (nSPS) is 12.5. The summed E-state index contributed by atoms with van der Waals surface area (Å²) in [6, 6.07) is 0. The first kappa shape index (κ1) is 20.2. The molecule has 0 aliphatic heterocycles. The van der Waals surface area contributed by atoms with Crippen molar-refractivity contribution in [3.05, 3.63) is 18.2 Å². The van der Waals surface area contributed by atoms with E-state index in [1.54, 1.807) is 0 Å². The summed E-state index contributed by atoms with van der Waals surface area (Å²) in [5.41, 5.74) is 0. The van der Waals surface area contributed by atoms with E-state index < -0.39 is 27.1 Å². The van der Waals surface area contributed by atoms with Crippen molar-refractivity contribution in [1.82, 2.24) is 9.55 Å². The van der Waals surface area contributed by atoms with Crippen molar-refractivity contribution in [2.75, 3.05) is 0 Å². The van der Waals surface area contributed by atoms with Crippen LogP contribution in [0.5, 0.6) is 0 Å². The molecule has 0 aliphatic rings. The van der Waals surface area contributed by atoms with Gasteiger partial charge in [-0.2, -0.15) is 0 Å². The van der Waals surface area contributed by atoms with E-state index in [2.05, 4.69) is 4.98 Å². The minimum Gasteiger partial charge on any atom is -0.333 e. The topological polar surface area (TPSA) is 133 Å². The molecule has 0 aromatic carbocycles. The zero-order chi connectivity index (χ0) is 14.7. The van der Waals surface area contributed by atoms with E-state index in [0.29, 0.717) is 12.2 Å². The molecule has 0 spiro atoms. The van der Waals surface area contributed by atoms with Gasteiger partial charge in [-0.15, -0.1) is 0 Å². The molecule has 0 fully saturated rings. The van der Waals surface area contributed by atoms with Crippen molar-refractivity contribution >= 4 is 15.2 Å². The van der Waals surface area contributed by atoms with Crippen molar-refractivity contribution in [3.8, 4) is 0 Å². The van der Waals surface area contributed by atoms with Crippen molar-refractivity contribution in [3.63, 3.8) is 0 Å². The second kappa shape index (κ2) is 7.97. The molecular weight excluding hydrogens is 393 g/mol. The Kier molecular flexibility index (Phi) is 8.03. The molecule has 0 radical (unpaired) electrons. The second-order valence-corrected chi connectivity index (χ2v) is 8.27. The van der Waals surface area contributed by atoms with E-state index in [0.717, 1.165) is 12.8 Å². The molecule has 0 bridgehead atoms. The minimum atomic E-state index is -4.90. The van der Waals surface area contributed by atoms with Crippen molar-refractivity contribution in [1.29, 1.82) is 0 Å². The molecule has 0 aliphatic carbocycles. The maximum absolute atomic E-state index is 11.2. The molecule has 0 atom stereocenters. The largest absolute Gasteiger partial charge is 7.00 e. The Morgan fingerprint density at radius 1 is 1.25 bits per heavy atom. The number of hydrogen-bond donors (Lipinski definition) is 4. The summed E-state index contributed by atoms with van der Waals surface area (Å²) in [6.45, 7) is 1.54. The van der Waals surface area contributed by atoms with E-state index >= 15 is 0 Å². The summed E-state index contributed by atoms with van der Waals surface area (Å²) in [5, 5.41) is -2.03. The summed E-state index contributed by atoms with van der Waals surface area (Å²) in [5.74, 6) is 0.564. The summed E-state index contributed by atoms with van der Waals surface area (Å²) in [6.07, 6.45) is 5.27. The summed E-state index contributed by atoms with van der Waals surface area (Å²) in [7, 11) is -9.79. The molecule has 1 heterocycles. The Bertz CT molecular complexity index is 488. The van der Waals surface area contributed by atoms with E-state index in [9.17, 15) is 9.13 Å². The van der Waals surface area contributed by atoms with Gasteiger partial charge >= 0.3 is 35.3 Å². The summed E-state index contributed by atoms with van der Waals surface area (Å²) >= 11 is 0. The summed E-state index contributed by atoms with van der Waals surface area (Å²) < 4.78 is 23.8. The quantitative estimate of drug-likeness (QED) is 0.490. The average Bonchev–Trinajstić information content (AvgIpc) is 2.67. The van der Waals surface area contributed by atoms with Crippen molar-refractivity contribution < 1.29 is 48.8 Å². The zero-order valence-electron chi connectivity index (χ0n) is 10.8. The first-order valence-electron chi connectivity index (χ1n) is 5.76. The van der Waals surface area contributed by atoms with Gasteiger partial charge in [0, 0.05) is 25.4 Å². The number of rotatable bonds is 7. The van der Waals surface area contributed by atoms with Crippen LogP contribution < -0.4 is 0 Å². The Labute approximate surface area is 130 Å². The monoisotopic (exact) mass is 411 g/mol. The summed E-state index contributed by atoms with van der Waals surface area (Å²) in [4.78, 5) is 40.3. The average molecular weight is 411 g/mol. The zero-order valence-corrected chi connectivity index (χ0v) is 14.5. The van der Waals surface area contributed by atoms with Gasteiger partial charge in [0.05, 0.1) is 0 Å². The van der Waals surface area contributed by atoms with Gasteiger partial charge in [-0.05, 0) is 6.42 Å². The fourth-order valence-electron chi connectivity index (χ4n) is 1.65. The van der Waals surface area contributed by atoms with Gasteiger partial charge in [-0.3, -0.25) is 9.13 Å². The van der Waals surface area contributed by atoms with Gasteiger partial charge in [0.2, 0.25) is 0 Å². The van der Waals surface area contributed by atoms with Crippen LogP contribution in [0.4, 0.5) is 0 Å². The number of hydrogen-bond acceptors (Lipinski definition) is 3. The molecule has 110 valence electrons. The van der Waals surface area contributed by atoms with Gasteiger partial charge in [-0.1, -0.05) is 13.3 Å². The number of imidazole rings is 1. The van der Waals surface area contributed by atoms with Crippen LogP contribution in [-0.2, 0) is 42.2 Å². The first-order valence-corrected chi connectivity index (χ1v) is 9.13. The minimum absolute atomic E-state index is 0. The van der Waals surface area contributed by atoms with Crippen LogP contribution in [0, 0.1) is 0 Å². The van der Waals surface area contributed by atoms with E-state index in [4.69, 9.17) is 19.6 Å². The number of nitrogens with zero attached hydrogens (tertiary/aromatic N) is 2. The van der Waals surface area contributed by atoms with Crippen LogP contribution in [0.1, 0.15) is 25.6 Å². The molecular formula is C9H18N2O6P2Tc+7. The molecule has 0 saturated heterocycles. The molecule has 0 amide bonds. The Morgan fingerprint density at radius 2 is 1.80 bits per heavy atom. The standard InChI is InChI=1S/C9H18N2O6P2.Tc/c1-2-3-4-8-10-5-6-11(8)7-9(18(12,13)14)19(15,16)17;/h5-6,9H,2-4,7H2,1H3,(H2,12,13,14)(H2,15,16,17);/q;+7/i;1+1. The van der Waals surface area contributed by atoms with Gasteiger partial charge < -0.3 is 24.1 Å². The Hall–Kier alpha value is 0.159. The van der Waals surface area contributed by atoms with E-state index in [1.165, 1.54) is 17.0 Å². The van der Waals surface area contributed by atoms with Crippen LogP contribution in [0.3, 0.4) is 0 Å². The third kappa shape index (κ3) is 5.88. The number of aromatic nitrogens is 2. The third-order valence-corrected chi connectivity index (χ3v) is 6.38. The fraction of sp³-hybridized carbons (Fsp3) is 0.667. The molecule has 1 aromatic rings. The molecule has 4 N–H and O–H groups in total. The first-order chi connectivity index (χ1) is 8.66. The molecule has 8 nitrogen and oxygen atoms in total. The van der Waals surface area contributed by atoms with Crippen molar-refractivity contribution in [2.45, 2.75) is 38.1 Å². The van der Waals surface area contributed by atoms with Crippen LogP contribution in [-0.4, -0.2) is 34.5 Å². The Balaban J connectivity index is 0.00000361. The van der Waals surface area contributed by atoms with Crippen LogP contribution in [0.2, 0.25) is 0 Å². The van der Waals surface area contributed by atoms with Gasteiger partial charge in [0.15, 0.2) is 5.40 Å². The van der Waals surface area contributed by atoms with Crippen LogP contribution >= 0.6 is 15.2 Å². The van der Waals surface area contributed by atoms with Crippen LogP contribution in [0.25, 0.3) is 0 Å². The maximum atomic E-state index is 11.2. The molecule has 0 unspecified atom stereocenters. The van der Waals surface area contributed by atoms with Gasteiger partial charge in [0.1, 0.15) is 5.82 Å². The molecule has 1 aromatic heterocycles. The molecule has 11 heteroatoms. The van der Waals surface area contributed by atoms with E-state index in [1.807, 2.05) is 6.92 Å². The number of aryl methyl sites for hydroxylation is 1. The number of unbranched alkanes of at least 4 members (excludes halogenated alkanes) is 1. The van der Waals surface area contributed by atoms with Gasteiger partial charge in [0.25, 0.3) is 0 Å². The SMILES string of the molecule is CCCCc1nccn1CC(P(=O)(O)O)P(=O)(O)O.[99Tc+7]. The predicted octanol–water partition coefficient (Wildman–Crippen LogP) is 0.905. The fourth-order valence-corrected chi connectivity index (χ4v) is 4.00. The van der Waals surface area contributed by atoms with Crippen molar-refractivity contribution in [2.24, 2.45) is 0 Å². The molecule has 0 saturated carbocycles. The maximum Gasteiger partial charge on any atom is 7.00 e.